The van der Waals surface area contributed by atoms with E-state index in [4.69, 9.17) is 20.3 Å². The zero-order valence-electron chi connectivity index (χ0n) is 7.17. The van der Waals surface area contributed by atoms with Crippen LogP contribution in [0.1, 0.15) is 13.8 Å². The second-order valence-corrected chi connectivity index (χ2v) is 2.61. The van der Waals surface area contributed by atoms with Gasteiger partial charge in [-0.15, -0.1) is 0 Å². The standard InChI is InChI=1S/C7H17NO3/c1-7(2,10-5-3-8)11-6-4-9/h9H,3-6,8H2,1-2H3. The molecule has 0 aromatic heterocycles. The molecule has 0 rings (SSSR count). The summed E-state index contributed by atoms with van der Waals surface area (Å²) in [7, 11) is 0. The number of nitrogens with two attached hydrogens (primary N) is 1. The molecule has 0 aromatic rings. The summed E-state index contributed by atoms with van der Waals surface area (Å²) in [6, 6.07) is 0. The van der Waals surface area contributed by atoms with Crippen molar-refractivity contribution in [3.05, 3.63) is 0 Å². The molecule has 0 heterocycles. The van der Waals surface area contributed by atoms with Crippen LogP contribution in [-0.2, 0) is 9.47 Å². The normalized spacial score (nSPS) is 12.0. The highest BCUT2D eigenvalue weighted by Crippen LogP contribution is 2.09. The van der Waals surface area contributed by atoms with Crippen LogP contribution < -0.4 is 5.73 Å². The molecule has 0 aliphatic heterocycles. The Morgan fingerprint density at radius 2 is 1.82 bits per heavy atom. The van der Waals surface area contributed by atoms with Gasteiger partial charge in [-0.25, -0.2) is 0 Å². The predicted octanol–water partition coefficient (Wildman–Crippen LogP) is -0.293. The SMILES string of the molecule is CC(C)(OCCN)OCCO. The number of hydrogen-bond acceptors (Lipinski definition) is 4. The van der Waals surface area contributed by atoms with Crippen molar-refractivity contribution in [3.8, 4) is 0 Å². The van der Waals surface area contributed by atoms with E-state index in [2.05, 4.69) is 0 Å². The maximum atomic E-state index is 8.45. The van der Waals surface area contributed by atoms with Crippen molar-refractivity contribution in [3.63, 3.8) is 0 Å². The summed E-state index contributed by atoms with van der Waals surface area (Å²) < 4.78 is 10.4. The molecule has 11 heavy (non-hydrogen) atoms. The molecule has 0 atom stereocenters. The first-order valence-electron chi connectivity index (χ1n) is 3.71. The Hall–Kier alpha value is -0.160. The van der Waals surface area contributed by atoms with Gasteiger partial charge in [-0.2, -0.15) is 0 Å². The maximum absolute atomic E-state index is 8.45. The molecule has 0 amide bonds. The van der Waals surface area contributed by atoms with Gasteiger partial charge in [0.05, 0.1) is 19.8 Å². The van der Waals surface area contributed by atoms with Crippen LogP contribution in [0.3, 0.4) is 0 Å². The number of aliphatic hydroxyl groups excluding tert-OH is 1. The van der Waals surface area contributed by atoms with E-state index in [-0.39, 0.29) is 13.2 Å². The predicted molar refractivity (Wildman–Crippen MR) is 42.1 cm³/mol. The summed E-state index contributed by atoms with van der Waals surface area (Å²) in [5.74, 6) is -0.637. The third-order valence-electron chi connectivity index (χ3n) is 1.11. The number of rotatable bonds is 6. The molecule has 0 saturated heterocycles. The molecule has 3 N–H and O–H groups in total. The minimum absolute atomic E-state index is 0.00934. The van der Waals surface area contributed by atoms with E-state index in [1.54, 1.807) is 13.8 Å². The van der Waals surface area contributed by atoms with Crippen LogP contribution in [0.15, 0.2) is 0 Å². The maximum Gasteiger partial charge on any atom is 0.162 e. The lowest BCUT2D eigenvalue weighted by molar-refractivity contribution is -0.215. The van der Waals surface area contributed by atoms with Gasteiger partial charge in [0.1, 0.15) is 0 Å². The average Bonchev–Trinajstić information content (AvgIpc) is 1.97. The van der Waals surface area contributed by atoms with Gasteiger partial charge in [-0.3, -0.25) is 0 Å². The summed E-state index contributed by atoms with van der Waals surface area (Å²) in [5, 5.41) is 8.45. The van der Waals surface area contributed by atoms with Gasteiger partial charge in [0, 0.05) is 6.54 Å². The molecule has 68 valence electrons. The largest absolute Gasteiger partial charge is 0.394 e. The van der Waals surface area contributed by atoms with Crippen LogP contribution in [0.5, 0.6) is 0 Å². The highest BCUT2D eigenvalue weighted by atomic mass is 16.7. The summed E-state index contributed by atoms with van der Waals surface area (Å²) in [6.45, 7) is 4.83. The molecule has 0 fully saturated rings. The average molecular weight is 163 g/mol. The number of hydrogen-bond donors (Lipinski definition) is 2. The van der Waals surface area contributed by atoms with E-state index in [1.807, 2.05) is 0 Å². The fourth-order valence-corrected chi connectivity index (χ4v) is 0.638. The quantitative estimate of drug-likeness (QED) is 0.528. The minimum atomic E-state index is -0.637. The Balaban J connectivity index is 3.43. The van der Waals surface area contributed by atoms with Crippen LogP contribution in [0.25, 0.3) is 0 Å². The number of aliphatic hydroxyl groups is 1. The lowest BCUT2D eigenvalue weighted by Crippen LogP contribution is -2.31. The van der Waals surface area contributed by atoms with Crippen molar-refractivity contribution in [1.82, 2.24) is 0 Å². The third-order valence-corrected chi connectivity index (χ3v) is 1.11. The van der Waals surface area contributed by atoms with Gasteiger partial charge in [0.25, 0.3) is 0 Å². The lowest BCUT2D eigenvalue weighted by Gasteiger charge is -2.24. The van der Waals surface area contributed by atoms with Gasteiger partial charge in [-0.05, 0) is 13.8 Å². The highest BCUT2D eigenvalue weighted by molar-refractivity contribution is 4.53. The molecule has 0 aliphatic carbocycles. The summed E-state index contributed by atoms with van der Waals surface area (Å²) >= 11 is 0. The molecule has 0 unspecified atom stereocenters. The Kier molecular flexibility index (Phi) is 5.41. The highest BCUT2D eigenvalue weighted by Gasteiger charge is 2.17. The molecule has 0 aromatic carbocycles. The van der Waals surface area contributed by atoms with Gasteiger partial charge >= 0.3 is 0 Å². The summed E-state index contributed by atoms with van der Waals surface area (Å²) in [5.41, 5.74) is 5.23. The van der Waals surface area contributed by atoms with Gasteiger partial charge in [0.15, 0.2) is 5.79 Å². The van der Waals surface area contributed by atoms with E-state index >= 15 is 0 Å². The van der Waals surface area contributed by atoms with E-state index in [0.717, 1.165) is 0 Å². The van der Waals surface area contributed by atoms with E-state index < -0.39 is 5.79 Å². The third kappa shape index (κ3) is 6.25. The van der Waals surface area contributed by atoms with Crippen molar-refractivity contribution >= 4 is 0 Å². The smallest absolute Gasteiger partial charge is 0.162 e. The Labute approximate surface area is 67.3 Å². The Morgan fingerprint density at radius 3 is 2.27 bits per heavy atom. The van der Waals surface area contributed by atoms with Crippen molar-refractivity contribution < 1.29 is 14.6 Å². The van der Waals surface area contributed by atoms with Gasteiger partial charge < -0.3 is 20.3 Å². The molecular weight excluding hydrogens is 146 g/mol. The summed E-state index contributed by atoms with van der Waals surface area (Å²) in [6.07, 6.45) is 0. The van der Waals surface area contributed by atoms with Crippen LogP contribution >= 0.6 is 0 Å². The second kappa shape index (κ2) is 5.49. The Morgan fingerprint density at radius 1 is 1.27 bits per heavy atom. The first kappa shape index (κ1) is 10.8. The van der Waals surface area contributed by atoms with Crippen LogP contribution in [0.4, 0.5) is 0 Å². The molecule has 4 nitrogen and oxygen atoms in total. The zero-order valence-corrected chi connectivity index (χ0v) is 7.17. The number of ether oxygens (including phenoxy) is 2. The molecule has 0 saturated carbocycles. The molecular formula is C7H17NO3. The zero-order chi connectivity index (χ0) is 8.74. The summed E-state index contributed by atoms with van der Waals surface area (Å²) in [4.78, 5) is 0. The van der Waals surface area contributed by atoms with Crippen molar-refractivity contribution in [1.29, 1.82) is 0 Å². The first-order valence-corrected chi connectivity index (χ1v) is 3.71. The van der Waals surface area contributed by atoms with Gasteiger partial charge in [-0.1, -0.05) is 0 Å². The monoisotopic (exact) mass is 163 g/mol. The lowest BCUT2D eigenvalue weighted by atomic mass is 10.4. The second-order valence-electron chi connectivity index (χ2n) is 2.61. The van der Waals surface area contributed by atoms with E-state index in [9.17, 15) is 0 Å². The minimum Gasteiger partial charge on any atom is -0.394 e. The molecule has 0 aliphatic rings. The van der Waals surface area contributed by atoms with Crippen molar-refractivity contribution in [2.75, 3.05) is 26.4 Å². The van der Waals surface area contributed by atoms with E-state index in [1.165, 1.54) is 0 Å². The fraction of sp³-hybridized carbons (Fsp3) is 1.00. The molecule has 4 heteroatoms. The van der Waals surface area contributed by atoms with Crippen LogP contribution in [0, 0.1) is 0 Å². The van der Waals surface area contributed by atoms with E-state index in [0.29, 0.717) is 13.2 Å². The Bertz CT molecular complexity index is 85.7. The molecule has 0 bridgehead atoms. The van der Waals surface area contributed by atoms with Crippen LogP contribution in [0.2, 0.25) is 0 Å². The first-order chi connectivity index (χ1) is 5.12. The van der Waals surface area contributed by atoms with Crippen LogP contribution in [-0.4, -0.2) is 37.3 Å². The topological polar surface area (TPSA) is 64.7 Å². The molecule has 0 radical (unpaired) electrons. The van der Waals surface area contributed by atoms with Crippen molar-refractivity contribution in [2.45, 2.75) is 19.6 Å². The van der Waals surface area contributed by atoms with Gasteiger partial charge in [0.2, 0.25) is 0 Å². The fourth-order valence-electron chi connectivity index (χ4n) is 0.638. The molecule has 0 spiro atoms. The van der Waals surface area contributed by atoms with Crippen molar-refractivity contribution in [2.24, 2.45) is 5.73 Å².